The highest BCUT2D eigenvalue weighted by atomic mass is 19.4. The molecule has 0 saturated carbocycles. The number of hydrogen-bond donors (Lipinski definition) is 0. The second-order valence-corrected chi connectivity index (χ2v) is 8.56. The predicted octanol–water partition coefficient (Wildman–Crippen LogP) is 6.51. The third kappa shape index (κ3) is 4.72. The minimum Gasteiger partial charge on any atom is -0.359 e. The molecule has 194 valence electrons. The van der Waals surface area contributed by atoms with E-state index < -0.39 is 23.4 Å². The van der Waals surface area contributed by atoms with Crippen LogP contribution in [0.2, 0.25) is 0 Å². The molecule has 0 amide bonds. The maximum Gasteiger partial charge on any atom is 0.417 e. The van der Waals surface area contributed by atoms with Gasteiger partial charge in [-0.1, -0.05) is 23.4 Å². The number of imidazole rings is 1. The largest absolute Gasteiger partial charge is 0.417 e. The maximum atomic E-state index is 14.2. The third-order valence-corrected chi connectivity index (χ3v) is 6.00. The van der Waals surface area contributed by atoms with Crippen molar-refractivity contribution in [3.63, 3.8) is 0 Å². The molecule has 0 radical (unpaired) electrons. The number of rotatable bonds is 5. The van der Waals surface area contributed by atoms with Gasteiger partial charge < -0.3 is 4.52 Å². The smallest absolute Gasteiger partial charge is 0.359 e. The molecule has 0 saturated heterocycles. The van der Waals surface area contributed by atoms with Crippen molar-refractivity contribution in [2.45, 2.75) is 12.7 Å². The van der Waals surface area contributed by atoms with Gasteiger partial charge in [0.15, 0.2) is 23.2 Å². The van der Waals surface area contributed by atoms with Crippen molar-refractivity contribution < 1.29 is 26.5 Å². The summed E-state index contributed by atoms with van der Waals surface area (Å²) in [4.78, 5) is 12.4. The molecule has 4 heterocycles. The standard InChI is InChI=1S/C27H15F5N6O/c28-21-3-1-2-19(25(21)29)26-35-23-12-34-38(14-24(23)36-26)13-17-11-22(37-39-17)18-5-4-16(10-20(18)27(30,31)32)15-6-8-33-9-7-15/h1-12,14H,13H2. The lowest BCUT2D eigenvalue weighted by Crippen LogP contribution is -2.07. The summed E-state index contributed by atoms with van der Waals surface area (Å²) in [5.74, 6) is -1.84. The molecule has 4 aromatic rings. The Bertz CT molecular complexity index is 1760. The quantitative estimate of drug-likeness (QED) is 0.235. The van der Waals surface area contributed by atoms with Gasteiger partial charge >= 0.3 is 6.18 Å². The topological polar surface area (TPSA) is 82.5 Å². The fourth-order valence-corrected chi connectivity index (χ4v) is 4.14. The van der Waals surface area contributed by atoms with Crippen molar-refractivity contribution in [3.8, 4) is 45.2 Å². The van der Waals surface area contributed by atoms with Gasteiger partial charge in [0, 0.05) is 24.0 Å². The first-order chi connectivity index (χ1) is 18.8. The van der Waals surface area contributed by atoms with Crippen molar-refractivity contribution >= 4 is 0 Å². The van der Waals surface area contributed by atoms with Crippen molar-refractivity contribution in [3.05, 3.63) is 102 Å². The normalized spacial score (nSPS) is 11.8. The fourth-order valence-electron chi connectivity index (χ4n) is 4.14. The number of fused-ring (bicyclic) bond motifs is 1. The summed E-state index contributed by atoms with van der Waals surface area (Å²) < 4.78 is 76.4. The van der Waals surface area contributed by atoms with Crippen LogP contribution in [0.1, 0.15) is 11.3 Å². The van der Waals surface area contributed by atoms with Crippen molar-refractivity contribution in [2.75, 3.05) is 0 Å². The van der Waals surface area contributed by atoms with Gasteiger partial charge in [0.25, 0.3) is 0 Å². The molecule has 2 aliphatic heterocycles. The Morgan fingerprint density at radius 1 is 0.821 bits per heavy atom. The summed E-state index contributed by atoms with van der Waals surface area (Å²) in [7, 11) is 0. The average Bonchev–Trinajstić information content (AvgIpc) is 3.57. The summed E-state index contributed by atoms with van der Waals surface area (Å²) in [5, 5.41) is 8.06. The Hall–Kier alpha value is -5.00. The van der Waals surface area contributed by atoms with E-state index in [1.165, 1.54) is 53.7 Å². The van der Waals surface area contributed by atoms with E-state index in [1.54, 1.807) is 18.2 Å². The van der Waals surface area contributed by atoms with Gasteiger partial charge in [-0.2, -0.15) is 18.3 Å². The number of aromatic nitrogens is 6. The van der Waals surface area contributed by atoms with Crippen LogP contribution in [0, 0.1) is 11.6 Å². The molecule has 39 heavy (non-hydrogen) atoms. The molecule has 0 atom stereocenters. The lowest BCUT2D eigenvalue weighted by atomic mass is 9.97. The first-order valence-electron chi connectivity index (χ1n) is 11.5. The Balaban J connectivity index is 1.29. The molecular weight excluding hydrogens is 519 g/mol. The molecule has 0 unspecified atom stereocenters. The zero-order chi connectivity index (χ0) is 27.1. The van der Waals surface area contributed by atoms with E-state index in [1.807, 2.05) is 0 Å². The van der Waals surface area contributed by atoms with Gasteiger partial charge in [0.2, 0.25) is 0 Å². The Morgan fingerprint density at radius 3 is 2.41 bits per heavy atom. The van der Waals surface area contributed by atoms with Gasteiger partial charge in [-0.3, -0.25) is 9.67 Å². The molecule has 0 fully saturated rings. The molecule has 0 N–H and O–H groups in total. The van der Waals surface area contributed by atoms with E-state index in [-0.39, 0.29) is 35.0 Å². The summed E-state index contributed by atoms with van der Waals surface area (Å²) in [6.07, 6.45) is 1.28. The molecule has 2 aliphatic rings. The lowest BCUT2D eigenvalue weighted by Gasteiger charge is -2.13. The molecular formula is C27H15F5N6O. The number of halogens is 5. The Kier molecular flexibility index (Phi) is 5.86. The minimum absolute atomic E-state index is 0.00149. The number of hydrogen-bond acceptors (Lipinski definition) is 6. The van der Waals surface area contributed by atoms with E-state index in [0.29, 0.717) is 22.5 Å². The first kappa shape index (κ1) is 24.3. The van der Waals surface area contributed by atoms with Crippen LogP contribution in [0.5, 0.6) is 0 Å². The lowest BCUT2D eigenvalue weighted by molar-refractivity contribution is -0.137. The van der Waals surface area contributed by atoms with Crippen LogP contribution in [-0.4, -0.2) is 29.9 Å². The van der Waals surface area contributed by atoms with E-state index in [0.717, 1.165) is 12.1 Å². The van der Waals surface area contributed by atoms with Crippen LogP contribution in [0.4, 0.5) is 22.0 Å². The van der Waals surface area contributed by atoms with Crippen LogP contribution < -0.4 is 0 Å². The zero-order valence-corrected chi connectivity index (χ0v) is 19.7. The van der Waals surface area contributed by atoms with Gasteiger partial charge in [-0.05, 0) is 41.5 Å². The maximum absolute atomic E-state index is 14.2. The predicted molar refractivity (Wildman–Crippen MR) is 129 cm³/mol. The molecule has 0 spiro atoms. The molecule has 0 bridgehead atoms. The minimum atomic E-state index is -4.63. The van der Waals surface area contributed by atoms with Crippen molar-refractivity contribution in [1.29, 1.82) is 0 Å². The van der Waals surface area contributed by atoms with E-state index in [2.05, 4.69) is 25.2 Å². The van der Waals surface area contributed by atoms with Crippen LogP contribution in [0.15, 0.2) is 83.9 Å². The Labute approximate surface area is 216 Å². The molecule has 2 aromatic heterocycles. The van der Waals surface area contributed by atoms with Crippen molar-refractivity contribution in [2.24, 2.45) is 0 Å². The van der Waals surface area contributed by atoms with Crippen LogP contribution >= 0.6 is 0 Å². The molecule has 12 heteroatoms. The first-order valence-corrected chi connectivity index (χ1v) is 11.5. The SMILES string of the molecule is Fc1cccc(-c2nc3cnn(Cc4cc(-c5ccc(-c6ccncc6)cc5C(F)(F)F)no4)cc-3n2)c1F. The van der Waals surface area contributed by atoms with Crippen LogP contribution in [0.3, 0.4) is 0 Å². The second-order valence-electron chi connectivity index (χ2n) is 8.56. The van der Waals surface area contributed by atoms with Gasteiger partial charge in [0.05, 0.1) is 23.5 Å². The third-order valence-electron chi connectivity index (χ3n) is 6.00. The highest BCUT2D eigenvalue weighted by molar-refractivity contribution is 5.72. The number of nitrogens with zero attached hydrogens (tertiary/aromatic N) is 6. The van der Waals surface area contributed by atoms with Crippen LogP contribution in [-0.2, 0) is 12.7 Å². The van der Waals surface area contributed by atoms with Gasteiger partial charge in [0.1, 0.15) is 23.6 Å². The monoisotopic (exact) mass is 534 g/mol. The highest BCUT2D eigenvalue weighted by Gasteiger charge is 2.35. The summed E-state index contributed by atoms with van der Waals surface area (Å²) >= 11 is 0. The van der Waals surface area contributed by atoms with Crippen molar-refractivity contribution in [1.82, 2.24) is 29.9 Å². The molecule has 6 rings (SSSR count). The molecule has 2 aromatic carbocycles. The van der Waals surface area contributed by atoms with Crippen LogP contribution in [0.25, 0.3) is 45.2 Å². The average molecular weight is 534 g/mol. The highest BCUT2D eigenvalue weighted by Crippen LogP contribution is 2.39. The molecule has 0 aliphatic carbocycles. The van der Waals surface area contributed by atoms with Gasteiger partial charge in [-0.15, -0.1) is 0 Å². The number of alkyl halides is 3. The van der Waals surface area contributed by atoms with E-state index in [4.69, 9.17) is 4.52 Å². The summed E-state index contributed by atoms with van der Waals surface area (Å²) in [6.45, 7) is 0.0237. The Morgan fingerprint density at radius 2 is 1.62 bits per heavy atom. The zero-order valence-electron chi connectivity index (χ0n) is 19.7. The van der Waals surface area contributed by atoms with E-state index in [9.17, 15) is 22.0 Å². The summed E-state index contributed by atoms with van der Waals surface area (Å²) in [5.41, 5.74) is 0.630. The number of pyridine rings is 1. The number of benzene rings is 2. The molecule has 7 nitrogen and oxygen atoms in total. The van der Waals surface area contributed by atoms with Gasteiger partial charge in [-0.25, -0.2) is 18.7 Å². The fraction of sp³-hybridized carbons (Fsp3) is 0.0741. The van der Waals surface area contributed by atoms with E-state index >= 15 is 0 Å². The summed E-state index contributed by atoms with van der Waals surface area (Å²) in [6, 6.07) is 12.4. The second kappa shape index (κ2) is 9.39.